The number of halogens is 2. The van der Waals surface area contributed by atoms with E-state index in [9.17, 15) is 13.2 Å². The van der Waals surface area contributed by atoms with Gasteiger partial charge in [0.15, 0.2) is 0 Å². The van der Waals surface area contributed by atoms with Crippen molar-refractivity contribution in [3.05, 3.63) is 55.9 Å². The molecule has 0 unspecified atom stereocenters. The molecule has 0 spiro atoms. The van der Waals surface area contributed by atoms with E-state index >= 15 is 0 Å². The zero-order valence-electron chi connectivity index (χ0n) is 15.1. The molecule has 0 bridgehead atoms. The van der Waals surface area contributed by atoms with E-state index in [1.807, 2.05) is 20.8 Å². The molecule has 0 radical (unpaired) electrons. The average Bonchev–Trinajstić information content (AvgIpc) is 2.86. The van der Waals surface area contributed by atoms with Crippen LogP contribution in [0.3, 0.4) is 0 Å². The molecule has 0 aliphatic carbocycles. The Labute approximate surface area is 170 Å². The number of hydrogen-bond acceptors (Lipinski definition) is 3. The van der Waals surface area contributed by atoms with E-state index in [0.717, 1.165) is 10.0 Å². The van der Waals surface area contributed by atoms with Crippen molar-refractivity contribution in [3.63, 3.8) is 0 Å². The summed E-state index contributed by atoms with van der Waals surface area (Å²) in [5.74, 6) is 0. The summed E-state index contributed by atoms with van der Waals surface area (Å²) in [6, 6.07) is 8.16. The first-order valence-corrected chi connectivity index (χ1v) is 11.1. The molecule has 3 rings (SSSR count). The van der Waals surface area contributed by atoms with Gasteiger partial charge in [0.1, 0.15) is 4.90 Å². The predicted octanol–water partition coefficient (Wildman–Crippen LogP) is 4.37. The number of hydrogen-bond donors (Lipinski definition) is 1. The van der Waals surface area contributed by atoms with Crippen LogP contribution in [0.25, 0.3) is 11.0 Å². The fourth-order valence-electron chi connectivity index (χ4n) is 3.05. The topological polar surface area (TPSA) is 73.1 Å². The summed E-state index contributed by atoms with van der Waals surface area (Å²) in [6.45, 7) is 6.47. The Bertz CT molecular complexity index is 1200. The van der Waals surface area contributed by atoms with Crippen LogP contribution in [0.4, 0.5) is 5.69 Å². The van der Waals surface area contributed by atoms with Crippen molar-refractivity contribution in [1.29, 1.82) is 0 Å². The molecule has 2 aromatic carbocycles. The minimum atomic E-state index is -3.92. The van der Waals surface area contributed by atoms with Crippen LogP contribution in [0.15, 0.2) is 44.5 Å². The van der Waals surface area contributed by atoms with Crippen LogP contribution in [0, 0.1) is 6.92 Å². The number of benzene rings is 2. The molecule has 0 aliphatic heterocycles. The lowest BCUT2D eigenvalue weighted by molar-refractivity contribution is 0.601. The molecule has 6 nitrogen and oxygen atoms in total. The molecule has 0 amide bonds. The SMILES string of the molecule is CCn1c(=O)n(CC)c2cc(S(=O)(=O)Nc3ccc(Br)c(C)c3)c(Cl)cc21. The molecule has 0 fully saturated rings. The number of rotatable bonds is 5. The summed E-state index contributed by atoms with van der Waals surface area (Å²) in [4.78, 5) is 12.4. The van der Waals surface area contributed by atoms with Crippen molar-refractivity contribution in [1.82, 2.24) is 9.13 Å². The molecule has 0 saturated heterocycles. The van der Waals surface area contributed by atoms with Crippen molar-refractivity contribution in [2.75, 3.05) is 4.72 Å². The van der Waals surface area contributed by atoms with Gasteiger partial charge in [0.05, 0.1) is 16.1 Å². The van der Waals surface area contributed by atoms with Crippen LogP contribution in [-0.4, -0.2) is 17.6 Å². The number of nitrogens with one attached hydrogen (secondary N) is 1. The smallest absolute Gasteiger partial charge is 0.292 e. The minimum Gasteiger partial charge on any atom is -0.292 e. The number of nitrogens with zero attached hydrogens (tertiary/aromatic N) is 2. The second-order valence-corrected chi connectivity index (χ2v) is 9.02. The molecule has 1 aromatic heterocycles. The second-order valence-electron chi connectivity index (χ2n) is 6.11. The van der Waals surface area contributed by atoms with Crippen LogP contribution < -0.4 is 10.4 Å². The highest BCUT2D eigenvalue weighted by Gasteiger charge is 2.22. The van der Waals surface area contributed by atoms with Crippen LogP contribution in [0.1, 0.15) is 19.4 Å². The Kier molecular flexibility index (Phi) is 5.42. The number of aromatic nitrogens is 2. The predicted molar refractivity (Wildman–Crippen MR) is 112 cm³/mol. The molecule has 1 N–H and O–H groups in total. The Morgan fingerprint density at radius 2 is 1.67 bits per heavy atom. The highest BCUT2D eigenvalue weighted by molar-refractivity contribution is 9.10. The second kappa shape index (κ2) is 7.33. The van der Waals surface area contributed by atoms with Crippen LogP contribution >= 0.6 is 27.5 Å². The zero-order chi connectivity index (χ0) is 19.9. The Hall–Kier alpha value is -1.77. The lowest BCUT2D eigenvalue weighted by atomic mass is 10.2. The average molecular weight is 473 g/mol. The van der Waals surface area contributed by atoms with Gasteiger partial charge in [0, 0.05) is 23.2 Å². The maximum atomic E-state index is 12.9. The highest BCUT2D eigenvalue weighted by Crippen LogP contribution is 2.30. The summed E-state index contributed by atoms with van der Waals surface area (Å²) in [7, 11) is -3.92. The van der Waals surface area contributed by atoms with Gasteiger partial charge in [-0.1, -0.05) is 27.5 Å². The van der Waals surface area contributed by atoms with Gasteiger partial charge in [-0.2, -0.15) is 0 Å². The number of aryl methyl sites for hydroxylation is 3. The van der Waals surface area contributed by atoms with Gasteiger partial charge in [-0.15, -0.1) is 0 Å². The fraction of sp³-hybridized carbons (Fsp3) is 0.278. The van der Waals surface area contributed by atoms with Crippen molar-refractivity contribution >= 4 is 54.3 Å². The molecule has 0 aliphatic rings. The monoisotopic (exact) mass is 471 g/mol. The molecule has 0 atom stereocenters. The molecule has 144 valence electrons. The van der Waals surface area contributed by atoms with Gasteiger partial charge in [-0.3, -0.25) is 13.9 Å². The first-order chi connectivity index (χ1) is 12.7. The van der Waals surface area contributed by atoms with Gasteiger partial charge in [0.25, 0.3) is 10.0 Å². The third kappa shape index (κ3) is 3.53. The maximum absolute atomic E-state index is 12.9. The number of anilines is 1. The third-order valence-electron chi connectivity index (χ3n) is 4.40. The summed E-state index contributed by atoms with van der Waals surface area (Å²) >= 11 is 9.68. The maximum Gasteiger partial charge on any atom is 0.329 e. The van der Waals surface area contributed by atoms with Crippen LogP contribution in [-0.2, 0) is 23.1 Å². The highest BCUT2D eigenvalue weighted by atomic mass is 79.9. The van der Waals surface area contributed by atoms with E-state index < -0.39 is 10.0 Å². The van der Waals surface area contributed by atoms with Crippen LogP contribution in [0.5, 0.6) is 0 Å². The number of sulfonamides is 1. The van der Waals surface area contributed by atoms with E-state index in [2.05, 4.69) is 20.7 Å². The van der Waals surface area contributed by atoms with Gasteiger partial charge in [-0.05, 0) is 56.7 Å². The standard InChI is InChI=1S/C18H19BrClN3O3S/c1-4-22-15-9-14(20)17(10-16(15)23(5-2)18(22)24)27(25,26)21-12-6-7-13(19)11(3)8-12/h6-10,21H,4-5H2,1-3H3. The van der Waals surface area contributed by atoms with Crippen molar-refractivity contribution in [3.8, 4) is 0 Å². The summed E-state index contributed by atoms with van der Waals surface area (Å²) < 4.78 is 32.4. The molecule has 3 aromatic rings. The lowest BCUT2D eigenvalue weighted by Crippen LogP contribution is -2.23. The zero-order valence-corrected chi connectivity index (χ0v) is 18.2. The third-order valence-corrected chi connectivity index (χ3v) is 7.14. The molecule has 27 heavy (non-hydrogen) atoms. The van der Waals surface area contributed by atoms with E-state index in [1.165, 1.54) is 16.7 Å². The van der Waals surface area contributed by atoms with E-state index in [4.69, 9.17) is 11.6 Å². The Morgan fingerprint density at radius 1 is 1.07 bits per heavy atom. The van der Waals surface area contributed by atoms with Crippen LogP contribution in [0.2, 0.25) is 5.02 Å². The molecule has 1 heterocycles. The van der Waals surface area contributed by atoms with Crippen molar-refractivity contribution in [2.45, 2.75) is 38.8 Å². The normalized spacial score (nSPS) is 11.9. The molecule has 9 heteroatoms. The first-order valence-electron chi connectivity index (χ1n) is 8.41. The first kappa shape index (κ1) is 20.0. The number of fused-ring (bicyclic) bond motifs is 1. The molecular weight excluding hydrogens is 454 g/mol. The van der Waals surface area contributed by atoms with E-state index in [0.29, 0.717) is 29.8 Å². The Balaban J connectivity index is 2.16. The van der Waals surface area contributed by atoms with Gasteiger partial charge >= 0.3 is 5.69 Å². The number of imidazole rings is 1. The minimum absolute atomic E-state index is 0.0623. The molecular formula is C18H19BrClN3O3S. The fourth-order valence-corrected chi connectivity index (χ4v) is 4.89. The largest absolute Gasteiger partial charge is 0.329 e. The summed E-state index contributed by atoms with van der Waals surface area (Å²) in [6.07, 6.45) is 0. The summed E-state index contributed by atoms with van der Waals surface area (Å²) in [5, 5.41) is 0.0688. The summed E-state index contributed by atoms with van der Waals surface area (Å²) in [5.41, 5.74) is 2.31. The van der Waals surface area contributed by atoms with E-state index in [1.54, 1.807) is 22.8 Å². The Morgan fingerprint density at radius 3 is 2.22 bits per heavy atom. The lowest BCUT2D eigenvalue weighted by Gasteiger charge is -2.11. The van der Waals surface area contributed by atoms with Gasteiger partial charge in [-0.25, -0.2) is 13.2 Å². The van der Waals surface area contributed by atoms with Gasteiger partial charge in [0.2, 0.25) is 0 Å². The van der Waals surface area contributed by atoms with Gasteiger partial charge < -0.3 is 0 Å². The van der Waals surface area contributed by atoms with Crippen molar-refractivity contribution in [2.24, 2.45) is 0 Å². The van der Waals surface area contributed by atoms with E-state index in [-0.39, 0.29) is 15.6 Å². The molecule has 0 saturated carbocycles. The quantitative estimate of drug-likeness (QED) is 0.599. The van der Waals surface area contributed by atoms with Crippen molar-refractivity contribution < 1.29 is 8.42 Å².